The van der Waals surface area contributed by atoms with Gasteiger partial charge in [0.1, 0.15) is 0 Å². The quantitative estimate of drug-likeness (QED) is 0.815. The molecule has 1 rings (SSSR count). The van der Waals surface area contributed by atoms with Gasteiger partial charge in [-0.15, -0.1) is 24.8 Å². The minimum Gasteiger partial charge on any atom is -0.353 e. The van der Waals surface area contributed by atoms with Crippen LogP contribution in [0, 0.1) is 0 Å². The largest absolute Gasteiger partial charge is 0.353 e. The lowest BCUT2D eigenvalue weighted by Gasteiger charge is -2.36. The molecule has 1 aliphatic carbocycles. The predicted molar refractivity (Wildman–Crippen MR) is 76.0 cm³/mol. The molecule has 1 atom stereocenters. The van der Waals surface area contributed by atoms with E-state index in [-0.39, 0.29) is 36.3 Å². The fourth-order valence-corrected chi connectivity index (χ4v) is 2.23. The summed E-state index contributed by atoms with van der Waals surface area (Å²) in [6.07, 6.45) is 4.84. The first-order chi connectivity index (χ1) is 6.98. The number of rotatable bonds is 4. The second kappa shape index (κ2) is 8.14. The number of amides is 1. The van der Waals surface area contributed by atoms with Crippen LogP contribution in [-0.2, 0) is 4.79 Å². The average molecular weight is 286 g/mol. The van der Waals surface area contributed by atoms with Crippen LogP contribution in [0.2, 0.25) is 0 Å². The number of carbonyl (C=O) groups is 1. The van der Waals surface area contributed by atoms with Crippen molar-refractivity contribution in [3.8, 4) is 0 Å². The maximum Gasteiger partial charge on any atom is 0.236 e. The zero-order chi connectivity index (χ0) is 11.5. The van der Waals surface area contributed by atoms with Gasteiger partial charge in [0.15, 0.2) is 0 Å². The normalized spacial score (nSPS) is 19.1. The summed E-state index contributed by atoms with van der Waals surface area (Å²) < 4.78 is 0. The number of nitrogens with zero attached hydrogens (tertiary/aromatic N) is 1. The van der Waals surface area contributed by atoms with Gasteiger partial charge in [-0.3, -0.25) is 4.79 Å². The SMILES string of the molecule is C[C@@H](N)C(=O)NCC1(N(C)C)CCCC1.Cl.Cl. The van der Waals surface area contributed by atoms with Gasteiger partial charge >= 0.3 is 0 Å². The van der Waals surface area contributed by atoms with Crippen LogP contribution in [0.3, 0.4) is 0 Å². The van der Waals surface area contributed by atoms with Crippen LogP contribution < -0.4 is 11.1 Å². The Labute approximate surface area is 117 Å². The fraction of sp³-hybridized carbons (Fsp3) is 0.909. The Kier molecular flexibility index (Phi) is 9.25. The molecule has 1 saturated carbocycles. The fourth-order valence-electron chi connectivity index (χ4n) is 2.23. The highest BCUT2D eigenvalue weighted by molar-refractivity contribution is 5.85. The van der Waals surface area contributed by atoms with Crippen molar-refractivity contribution in [2.45, 2.75) is 44.2 Å². The number of hydrogen-bond donors (Lipinski definition) is 2. The molecule has 0 aliphatic heterocycles. The molecule has 0 unspecified atom stereocenters. The third-order valence-electron chi connectivity index (χ3n) is 3.49. The molecule has 104 valence electrons. The average Bonchev–Trinajstić information content (AvgIpc) is 2.63. The molecule has 0 aromatic heterocycles. The standard InChI is InChI=1S/C11H23N3O.2ClH/c1-9(12)10(15)13-8-11(14(2)3)6-4-5-7-11;;/h9H,4-8,12H2,1-3H3,(H,13,15);2*1H/t9-;;/m1../s1. The minimum atomic E-state index is -0.411. The van der Waals surface area contributed by atoms with E-state index in [0.717, 1.165) is 6.54 Å². The number of likely N-dealkylation sites (N-methyl/N-ethyl adjacent to an activating group) is 1. The van der Waals surface area contributed by atoms with E-state index < -0.39 is 6.04 Å². The molecule has 4 nitrogen and oxygen atoms in total. The summed E-state index contributed by atoms with van der Waals surface area (Å²) in [5.41, 5.74) is 5.67. The molecule has 1 amide bonds. The first kappa shape index (κ1) is 19.3. The van der Waals surface area contributed by atoms with Crippen LogP contribution in [0.15, 0.2) is 0 Å². The van der Waals surface area contributed by atoms with E-state index in [9.17, 15) is 4.79 Å². The topological polar surface area (TPSA) is 58.4 Å². The van der Waals surface area contributed by atoms with Gasteiger partial charge in [0.25, 0.3) is 0 Å². The first-order valence-electron chi connectivity index (χ1n) is 5.69. The first-order valence-corrected chi connectivity index (χ1v) is 5.69. The lowest BCUT2D eigenvalue weighted by atomic mass is 9.96. The predicted octanol–water partition coefficient (Wildman–Crippen LogP) is 1.17. The second-order valence-corrected chi connectivity index (χ2v) is 4.83. The zero-order valence-electron chi connectivity index (χ0n) is 10.9. The molecule has 6 heteroatoms. The molecule has 0 radical (unpaired) electrons. The van der Waals surface area contributed by atoms with Crippen LogP contribution in [0.1, 0.15) is 32.6 Å². The van der Waals surface area contributed by atoms with Crippen LogP contribution in [0.4, 0.5) is 0 Å². The van der Waals surface area contributed by atoms with Gasteiger partial charge in [0.2, 0.25) is 5.91 Å². The lowest BCUT2D eigenvalue weighted by molar-refractivity contribution is -0.122. The molecule has 0 heterocycles. The lowest BCUT2D eigenvalue weighted by Crippen LogP contribution is -2.52. The van der Waals surface area contributed by atoms with Gasteiger partial charge in [-0.25, -0.2) is 0 Å². The van der Waals surface area contributed by atoms with Crippen LogP contribution in [-0.4, -0.2) is 43.0 Å². The van der Waals surface area contributed by atoms with E-state index >= 15 is 0 Å². The van der Waals surface area contributed by atoms with E-state index in [4.69, 9.17) is 5.73 Å². The van der Waals surface area contributed by atoms with Crippen molar-refractivity contribution in [3.63, 3.8) is 0 Å². The van der Waals surface area contributed by atoms with E-state index in [1.165, 1.54) is 25.7 Å². The number of nitrogens with two attached hydrogens (primary N) is 1. The Hall–Kier alpha value is -0.0300. The molecule has 1 fully saturated rings. The maximum absolute atomic E-state index is 11.4. The molecule has 17 heavy (non-hydrogen) atoms. The summed E-state index contributed by atoms with van der Waals surface area (Å²) in [6, 6.07) is -0.411. The summed E-state index contributed by atoms with van der Waals surface area (Å²) in [4.78, 5) is 13.6. The molecule has 0 saturated heterocycles. The van der Waals surface area contributed by atoms with Gasteiger partial charge in [0, 0.05) is 12.1 Å². The molecule has 1 aliphatic rings. The molecule has 3 N–H and O–H groups in total. The summed E-state index contributed by atoms with van der Waals surface area (Å²) in [7, 11) is 4.17. The number of halogens is 2. The van der Waals surface area contributed by atoms with Gasteiger partial charge in [-0.1, -0.05) is 12.8 Å². The number of nitrogens with one attached hydrogen (secondary N) is 1. The van der Waals surface area contributed by atoms with Crippen molar-refractivity contribution in [2.75, 3.05) is 20.6 Å². The van der Waals surface area contributed by atoms with E-state index in [1.54, 1.807) is 6.92 Å². The third-order valence-corrected chi connectivity index (χ3v) is 3.49. The Morgan fingerprint density at radius 1 is 1.35 bits per heavy atom. The maximum atomic E-state index is 11.4. The number of carbonyl (C=O) groups excluding carboxylic acids is 1. The van der Waals surface area contributed by atoms with Crippen molar-refractivity contribution in [2.24, 2.45) is 5.73 Å². The molecule has 0 aromatic carbocycles. The van der Waals surface area contributed by atoms with Crippen molar-refractivity contribution < 1.29 is 4.79 Å². The molecule has 0 bridgehead atoms. The smallest absolute Gasteiger partial charge is 0.236 e. The van der Waals surface area contributed by atoms with Gasteiger partial charge in [0.05, 0.1) is 6.04 Å². The Morgan fingerprint density at radius 3 is 2.18 bits per heavy atom. The summed E-state index contributed by atoms with van der Waals surface area (Å²) in [5.74, 6) is -0.0527. The molecule has 0 spiro atoms. The summed E-state index contributed by atoms with van der Waals surface area (Å²) >= 11 is 0. The second-order valence-electron chi connectivity index (χ2n) is 4.83. The van der Waals surface area contributed by atoms with Crippen LogP contribution in [0.5, 0.6) is 0 Å². The highest BCUT2D eigenvalue weighted by Gasteiger charge is 2.36. The Bertz CT molecular complexity index is 229. The van der Waals surface area contributed by atoms with Crippen molar-refractivity contribution in [3.05, 3.63) is 0 Å². The summed E-state index contributed by atoms with van der Waals surface area (Å²) in [5, 5.41) is 2.94. The van der Waals surface area contributed by atoms with Crippen molar-refractivity contribution in [1.29, 1.82) is 0 Å². The van der Waals surface area contributed by atoms with E-state index in [1.807, 2.05) is 0 Å². The van der Waals surface area contributed by atoms with Crippen molar-refractivity contribution >= 4 is 30.7 Å². The van der Waals surface area contributed by atoms with E-state index in [2.05, 4.69) is 24.3 Å². The Balaban J connectivity index is 0. The minimum absolute atomic E-state index is 0. The van der Waals surface area contributed by atoms with E-state index in [0.29, 0.717) is 0 Å². The van der Waals surface area contributed by atoms with Gasteiger partial charge in [-0.2, -0.15) is 0 Å². The van der Waals surface area contributed by atoms with Crippen LogP contribution in [0.25, 0.3) is 0 Å². The third kappa shape index (κ3) is 5.00. The zero-order valence-corrected chi connectivity index (χ0v) is 12.5. The van der Waals surface area contributed by atoms with Crippen LogP contribution >= 0.6 is 24.8 Å². The Morgan fingerprint density at radius 2 is 1.82 bits per heavy atom. The monoisotopic (exact) mass is 285 g/mol. The molecule has 0 aromatic rings. The van der Waals surface area contributed by atoms with Crippen molar-refractivity contribution in [1.82, 2.24) is 10.2 Å². The van der Waals surface area contributed by atoms with Gasteiger partial charge < -0.3 is 16.0 Å². The molecular weight excluding hydrogens is 261 g/mol. The number of hydrogen-bond acceptors (Lipinski definition) is 3. The van der Waals surface area contributed by atoms with Gasteiger partial charge in [-0.05, 0) is 33.9 Å². The summed E-state index contributed by atoms with van der Waals surface area (Å²) in [6.45, 7) is 2.44. The highest BCUT2D eigenvalue weighted by Crippen LogP contribution is 2.32. The highest BCUT2D eigenvalue weighted by atomic mass is 35.5. The molecular formula is C11H25Cl2N3O.